The van der Waals surface area contributed by atoms with Gasteiger partial charge >= 0.3 is 0 Å². The van der Waals surface area contributed by atoms with Gasteiger partial charge in [0.25, 0.3) is 0 Å². The monoisotopic (exact) mass is 135 g/mol. The van der Waals surface area contributed by atoms with Crippen molar-refractivity contribution in [2.24, 2.45) is 0 Å². The van der Waals surface area contributed by atoms with Crippen LogP contribution in [0, 0.1) is 13.0 Å². The Bertz CT molecular complexity index is 206. The van der Waals surface area contributed by atoms with E-state index in [1.807, 2.05) is 32.0 Å². The largest absolute Gasteiger partial charge is 0.494 e. The fourth-order valence-electron chi connectivity index (χ4n) is 0.815. The third-order valence-corrected chi connectivity index (χ3v) is 1.23. The fraction of sp³-hybridized carbons (Fsp3) is 0.333. The Morgan fingerprint density at radius 1 is 1.60 bits per heavy atom. The number of ether oxygens (including phenoxy) is 1. The van der Waals surface area contributed by atoms with Gasteiger partial charge in [-0.15, -0.1) is 0 Å². The molecule has 1 heteroatoms. The lowest BCUT2D eigenvalue weighted by molar-refractivity contribution is 0.340. The maximum absolute atomic E-state index is 5.27. The van der Waals surface area contributed by atoms with Crippen LogP contribution in [0.5, 0.6) is 5.75 Å². The highest BCUT2D eigenvalue weighted by molar-refractivity contribution is 5.26. The minimum absolute atomic E-state index is 0.726. The Labute approximate surface area is 61.6 Å². The van der Waals surface area contributed by atoms with Crippen LogP contribution >= 0.6 is 0 Å². The predicted octanol–water partition coefficient (Wildman–Crippen LogP) is 2.19. The third kappa shape index (κ3) is 1.76. The van der Waals surface area contributed by atoms with E-state index < -0.39 is 0 Å². The summed E-state index contributed by atoms with van der Waals surface area (Å²) in [4.78, 5) is 0. The van der Waals surface area contributed by atoms with E-state index in [9.17, 15) is 0 Å². The van der Waals surface area contributed by atoms with Crippen LogP contribution < -0.4 is 4.74 Å². The van der Waals surface area contributed by atoms with E-state index in [0.717, 1.165) is 17.9 Å². The van der Waals surface area contributed by atoms with Gasteiger partial charge < -0.3 is 4.74 Å². The molecule has 0 N–H and O–H groups in total. The minimum atomic E-state index is 0.726. The van der Waals surface area contributed by atoms with E-state index >= 15 is 0 Å². The molecule has 10 heavy (non-hydrogen) atoms. The van der Waals surface area contributed by atoms with Gasteiger partial charge in [-0.2, -0.15) is 0 Å². The molecule has 0 aliphatic carbocycles. The molecule has 0 saturated carbocycles. The van der Waals surface area contributed by atoms with Crippen molar-refractivity contribution < 1.29 is 4.74 Å². The van der Waals surface area contributed by atoms with Crippen molar-refractivity contribution in [3.05, 3.63) is 29.8 Å². The van der Waals surface area contributed by atoms with E-state index in [1.165, 1.54) is 0 Å². The summed E-state index contributed by atoms with van der Waals surface area (Å²) in [7, 11) is 0. The SMILES string of the molecule is CCOc1cc[c]c(C)c1. The lowest BCUT2D eigenvalue weighted by Gasteiger charge is -2.01. The van der Waals surface area contributed by atoms with Gasteiger partial charge in [-0.25, -0.2) is 0 Å². The second kappa shape index (κ2) is 3.25. The van der Waals surface area contributed by atoms with Crippen LogP contribution in [0.25, 0.3) is 0 Å². The second-order valence-corrected chi connectivity index (χ2v) is 2.14. The molecule has 0 bridgehead atoms. The molecular weight excluding hydrogens is 124 g/mol. The zero-order valence-corrected chi connectivity index (χ0v) is 6.35. The fourth-order valence-corrected chi connectivity index (χ4v) is 0.815. The van der Waals surface area contributed by atoms with Gasteiger partial charge in [0.15, 0.2) is 0 Å². The third-order valence-electron chi connectivity index (χ3n) is 1.23. The Kier molecular flexibility index (Phi) is 2.32. The van der Waals surface area contributed by atoms with Crippen LogP contribution in [-0.2, 0) is 0 Å². The molecule has 0 fully saturated rings. The Morgan fingerprint density at radius 2 is 2.40 bits per heavy atom. The molecule has 0 atom stereocenters. The second-order valence-electron chi connectivity index (χ2n) is 2.14. The molecule has 0 aliphatic heterocycles. The molecular formula is C9H11O. The summed E-state index contributed by atoms with van der Waals surface area (Å²) in [6.45, 7) is 4.71. The van der Waals surface area contributed by atoms with Crippen LogP contribution in [0.15, 0.2) is 18.2 Å². The Balaban J connectivity index is 2.75. The van der Waals surface area contributed by atoms with Gasteiger partial charge in [0.2, 0.25) is 0 Å². The summed E-state index contributed by atoms with van der Waals surface area (Å²) < 4.78 is 5.27. The van der Waals surface area contributed by atoms with Crippen molar-refractivity contribution in [2.45, 2.75) is 13.8 Å². The van der Waals surface area contributed by atoms with Crippen molar-refractivity contribution in [2.75, 3.05) is 6.61 Å². The molecule has 1 aromatic carbocycles. The Morgan fingerprint density at radius 3 is 3.00 bits per heavy atom. The van der Waals surface area contributed by atoms with E-state index in [4.69, 9.17) is 4.74 Å². The van der Waals surface area contributed by atoms with Crippen LogP contribution in [0.2, 0.25) is 0 Å². The van der Waals surface area contributed by atoms with E-state index in [0.29, 0.717) is 0 Å². The number of aryl methyl sites for hydroxylation is 1. The molecule has 1 aromatic rings. The van der Waals surface area contributed by atoms with E-state index in [-0.39, 0.29) is 0 Å². The smallest absolute Gasteiger partial charge is 0.119 e. The standard InChI is InChI=1S/C9H11O/c1-3-10-9-6-4-5-8(2)7-9/h4,6-7H,3H2,1-2H3. The highest BCUT2D eigenvalue weighted by Crippen LogP contribution is 2.10. The molecule has 0 amide bonds. The van der Waals surface area contributed by atoms with Gasteiger partial charge in [0.1, 0.15) is 5.75 Å². The van der Waals surface area contributed by atoms with Gasteiger partial charge in [0, 0.05) is 0 Å². The molecule has 0 spiro atoms. The quantitative estimate of drug-likeness (QED) is 0.604. The lowest BCUT2D eigenvalue weighted by Crippen LogP contribution is -1.90. The minimum Gasteiger partial charge on any atom is -0.494 e. The molecule has 1 nitrogen and oxygen atoms in total. The molecule has 0 heterocycles. The first kappa shape index (κ1) is 7.13. The predicted molar refractivity (Wildman–Crippen MR) is 41.2 cm³/mol. The molecule has 0 aliphatic rings. The van der Waals surface area contributed by atoms with Crippen LogP contribution in [0.3, 0.4) is 0 Å². The van der Waals surface area contributed by atoms with Gasteiger partial charge in [-0.05, 0) is 37.6 Å². The Hall–Kier alpha value is -0.980. The summed E-state index contributed by atoms with van der Waals surface area (Å²) >= 11 is 0. The van der Waals surface area contributed by atoms with Crippen molar-refractivity contribution in [1.82, 2.24) is 0 Å². The molecule has 1 radical (unpaired) electrons. The normalized spacial score (nSPS) is 9.40. The summed E-state index contributed by atoms with van der Waals surface area (Å²) in [6.07, 6.45) is 0. The summed E-state index contributed by atoms with van der Waals surface area (Å²) in [5.41, 5.74) is 1.12. The molecule has 1 rings (SSSR count). The maximum Gasteiger partial charge on any atom is 0.119 e. The van der Waals surface area contributed by atoms with Gasteiger partial charge in [0.05, 0.1) is 6.61 Å². The van der Waals surface area contributed by atoms with Crippen molar-refractivity contribution in [1.29, 1.82) is 0 Å². The summed E-state index contributed by atoms with van der Waals surface area (Å²) in [6, 6.07) is 8.81. The average Bonchev–Trinajstić information content (AvgIpc) is 1.88. The molecule has 0 aromatic heterocycles. The number of rotatable bonds is 2. The van der Waals surface area contributed by atoms with Gasteiger partial charge in [-0.3, -0.25) is 0 Å². The highest BCUT2D eigenvalue weighted by atomic mass is 16.5. The topological polar surface area (TPSA) is 9.23 Å². The van der Waals surface area contributed by atoms with Crippen molar-refractivity contribution in [3.63, 3.8) is 0 Å². The number of hydrogen-bond donors (Lipinski definition) is 0. The zero-order valence-electron chi connectivity index (χ0n) is 6.35. The van der Waals surface area contributed by atoms with Crippen LogP contribution in [-0.4, -0.2) is 6.61 Å². The maximum atomic E-state index is 5.27. The molecule has 53 valence electrons. The zero-order chi connectivity index (χ0) is 7.40. The average molecular weight is 135 g/mol. The molecule has 0 saturated heterocycles. The van der Waals surface area contributed by atoms with Crippen molar-refractivity contribution >= 4 is 0 Å². The first-order valence-corrected chi connectivity index (χ1v) is 3.44. The van der Waals surface area contributed by atoms with Crippen LogP contribution in [0.4, 0.5) is 0 Å². The van der Waals surface area contributed by atoms with E-state index in [2.05, 4.69) is 6.07 Å². The first-order chi connectivity index (χ1) is 4.83. The number of hydrogen-bond acceptors (Lipinski definition) is 1. The lowest BCUT2D eigenvalue weighted by atomic mass is 10.2. The first-order valence-electron chi connectivity index (χ1n) is 3.44. The highest BCUT2D eigenvalue weighted by Gasteiger charge is 1.89. The molecule has 0 unspecified atom stereocenters. The summed E-state index contributed by atoms with van der Waals surface area (Å²) in [5.74, 6) is 0.929. The summed E-state index contributed by atoms with van der Waals surface area (Å²) in [5, 5.41) is 0. The van der Waals surface area contributed by atoms with Gasteiger partial charge in [-0.1, -0.05) is 6.07 Å². The van der Waals surface area contributed by atoms with Crippen LogP contribution in [0.1, 0.15) is 12.5 Å². The van der Waals surface area contributed by atoms with E-state index in [1.54, 1.807) is 0 Å². The number of benzene rings is 1. The van der Waals surface area contributed by atoms with Crippen molar-refractivity contribution in [3.8, 4) is 5.75 Å².